The Balaban J connectivity index is 1.82. The summed E-state index contributed by atoms with van der Waals surface area (Å²) < 4.78 is 5.87. The lowest BCUT2D eigenvalue weighted by Gasteiger charge is -2.69. The van der Waals surface area contributed by atoms with E-state index in [9.17, 15) is 24.9 Å². The molecule has 208 valence electrons. The Hall–Kier alpha value is -1.66. The predicted molar refractivity (Wildman–Crippen MR) is 143 cm³/mol. The average Bonchev–Trinajstić information content (AvgIpc) is 3.05. The van der Waals surface area contributed by atoms with Crippen LogP contribution in [0, 0.1) is 39.9 Å². The van der Waals surface area contributed by atoms with Gasteiger partial charge in [0.2, 0.25) is 0 Å². The fraction of sp³-hybridized carbons (Fsp3) is 0.806. The first kappa shape index (κ1) is 28.4. The molecule has 0 aromatic rings. The van der Waals surface area contributed by atoms with Crippen LogP contribution in [0.3, 0.4) is 0 Å². The normalized spacial score (nSPS) is 46.2. The molecule has 4 saturated carbocycles. The Labute approximate surface area is 222 Å². The van der Waals surface area contributed by atoms with Gasteiger partial charge in [0.1, 0.15) is 6.10 Å². The molecular weight excluding hydrogens is 468 g/mol. The lowest BCUT2D eigenvalue weighted by Crippen LogP contribution is -2.65. The number of aliphatic hydroxyl groups excluding tert-OH is 2. The number of carboxylic acid groups (broad SMARTS) is 1. The van der Waals surface area contributed by atoms with E-state index in [1.807, 2.05) is 19.9 Å². The monoisotopic (exact) mass is 516 g/mol. The number of carbonyl (C=O) groups is 2. The Morgan fingerprint density at radius 3 is 2.30 bits per heavy atom. The Kier molecular flexibility index (Phi) is 7.53. The number of ether oxygens (including phenoxy) is 1. The third kappa shape index (κ3) is 4.40. The molecule has 4 fully saturated rings. The van der Waals surface area contributed by atoms with Crippen LogP contribution in [0.15, 0.2) is 22.8 Å². The molecule has 10 atom stereocenters. The van der Waals surface area contributed by atoms with Crippen molar-refractivity contribution in [2.75, 3.05) is 0 Å². The van der Waals surface area contributed by atoms with Crippen molar-refractivity contribution < 1.29 is 29.6 Å². The second-order valence-electron chi connectivity index (χ2n) is 13.6. The molecule has 6 heteroatoms. The number of carbonyl (C=O) groups excluding carboxylic acids is 1. The van der Waals surface area contributed by atoms with Gasteiger partial charge in [-0.15, -0.1) is 0 Å². The van der Waals surface area contributed by atoms with E-state index in [1.54, 1.807) is 0 Å². The van der Waals surface area contributed by atoms with Crippen LogP contribution in [0.1, 0.15) is 99.8 Å². The van der Waals surface area contributed by atoms with Crippen LogP contribution in [0.2, 0.25) is 0 Å². The highest BCUT2D eigenvalue weighted by Crippen LogP contribution is 2.74. The topological polar surface area (TPSA) is 104 Å². The van der Waals surface area contributed by atoms with E-state index in [0.29, 0.717) is 37.2 Å². The predicted octanol–water partition coefficient (Wildman–Crippen LogP) is 5.67. The second-order valence-corrected chi connectivity index (χ2v) is 13.6. The van der Waals surface area contributed by atoms with Crippen molar-refractivity contribution in [2.45, 2.75) is 118 Å². The Bertz CT molecular complexity index is 994. The molecule has 0 amide bonds. The minimum atomic E-state index is -0.953. The number of fused-ring (bicyclic) bond motifs is 5. The van der Waals surface area contributed by atoms with Crippen LogP contribution in [0.25, 0.3) is 0 Å². The maximum absolute atomic E-state index is 12.6. The zero-order valence-electron chi connectivity index (χ0n) is 23.8. The smallest absolute Gasteiger partial charge is 0.331 e. The van der Waals surface area contributed by atoms with Crippen molar-refractivity contribution >= 4 is 11.9 Å². The molecule has 0 spiro atoms. The maximum Gasteiger partial charge on any atom is 0.331 e. The summed E-state index contributed by atoms with van der Waals surface area (Å²) in [6.07, 6.45) is 6.22. The summed E-state index contributed by atoms with van der Waals surface area (Å²) in [5, 5.41) is 32.9. The standard InChI is InChI=1S/C31H48O6/c1-17(2)9-8-10-20(28(35)36)26-22-15-24(34)27-29(5)13-12-23(33)18(3)21(29)11-14-30(27,6)31(22,7)16-25(26)37-19(4)32/h9,18,21-25,27,33-34H,8,10-16H2,1-7H3,(H,35,36)/b26-20+/t18-,21+,22-,23+,24+,25-,27-,29-,30+,31-/m1/s1. The van der Waals surface area contributed by atoms with Crippen molar-refractivity contribution in [3.8, 4) is 0 Å². The second kappa shape index (κ2) is 9.82. The van der Waals surface area contributed by atoms with Crippen molar-refractivity contribution in [1.82, 2.24) is 0 Å². The van der Waals surface area contributed by atoms with Crippen molar-refractivity contribution in [3.05, 3.63) is 22.8 Å². The molecule has 4 rings (SSSR count). The zero-order valence-corrected chi connectivity index (χ0v) is 23.8. The fourth-order valence-corrected chi connectivity index (χ4v) is 9.79. The van der Waals surface area contributed by atoms with Gasteiger partial charge in [0.15, 0.2) is 0 Å². The first-order valence-corrected chi connectivity index (χ1v) is 14.3. The highest BCUT2D eigenvalue weighted by molar-refractivity contribution is 5.88. The fourth-order valence-electron chi connectivity index (χ4n) is 9.79. The molecule has 4 aliphatic carbocycles. The molecule has 0 saturated heterocycles. The molecule has 0 aromatic carbocycles. The molecule has 4 aliphatic rings. The summed E-state index contributed by atoms with van der Waals surface area (Å²) in [6, 6.07) is 0. The molecular formula is C31H48O6. The summed E-state index contributed by atoms with van der Waals surface area (Å²) in [6.45, 7) is 14.5. The van der Waals surface area contributed by atoms with E-state index in [4.69, 9.17) is 4.74 Å². The number of hydrogen-bond donors (Lipinski definition) is 3. The van der Waals surface area contributed by atoms with Crippen LogP contribution >= 0.6 is 0 Å². The molecule has 0 bridgehead atoms. The van der Waals surface area contributed by atoms with Crippen LogP contribution < -0.4 is 0 Å². The summed E-state index contributed by atoms with van der Waals surface area (Å²) >= 11 is 0. The van der Waals surface area contributed by atoms with E-state index in [-0.39, 0.29) is 40.1 Å². The average molecular weight is 517 g/mol. The number of rotatable bonds is 5. The van der Waals surface area contributed by atoms with Crippen molar-refractivity contribution in [2.24, 2.45) is 39.9 Å². The number of aliphatic carboxylic acids is 1. The van der Waals surface area contributed by atoms with Gasteiger partial charge in [-0.05, 0) is 111 Å². The zero-order chi connectivity index (χ0) is 27.5. The van der Waals surface area contributed by atoms with E-state index < -0.39 is 24.1 Å². The molecule has 37 heavy (non-hydrogen) atoms. The Morgan fingerprint density at radius 1 is 1.03 bits per heavy atom. The molecule has 0 radical (unpaired) electrons. The number of allylic oxidation sites excluding steroid dienone is 2. The third-order valence-electron chi connectivity index (χ3n) is 11.6. The number of esters is 1. The van der Waals surface area contributed by atoms with Gasteiger partial charge in [-0.25, -0.2) is 4.79 Å². The van der Waals surface area contributed by atoms with E-state index in [2.05, 4.69) is 27.7 Å². The summed E-state index contributed by atoms with van der Waals surface area (Å²) in [5.74, 6) is -0.909. The highest BCUT2D eigenvalue weighted by Gasteiger charge is 2.70. The van der Waals surface area contributed by atoms with Crippen molar-refractivity contribution in [3.63, 3.8) is 0 Å². The van der Waals surface area contributed by atoms with E-state index >= 15 is 0 Å². The summed E-state index contributed by atoms with van der Waals surface area (Å²) in [4.78, 5) is 24.8. The van der Waals surface area contributed by atoms with Crippen molar-refractivity contribution in [1.29, 1.82) is 0 Å². The quantitative estimate of drug-likeness (QED) is 0.247. The van der Waals surface area contributed by atoms with Crippen LogP contribution in [0.4, 0.5) is 0 Å². The van der Waals surface area contributed by atoms with Crippen LogP contribution in [-0.2, 0) is 14.3 Å². The van der Waals surface area contributed by atoms with Crippen LogP contribution in [-0.4, -0.2) is 45.6 Å². The molecule has 0 unspecified atom stereocenters. The van der Waals surface area contributed by atoms with E-state index in [0.717, 1.165) is 36.8 Å². The van der Waals surface area contributed by atoms with Crippen LogP contribution in [0.5, 0.6) is 0 Å². The highest BCUT2D eigenvalue weighted by atomic mass is 16.5. The third-order valence-corrected chi connectivity index (χ3v) is 11.6. The molecule has 6 nitrogen and oxygen atoms in total. The first-order valence-electron chi connectivity index (χ1n) is 14.3. The van der Waals surface area contributed by atoms with E-state index in [1.165, 1.54) is 6.92 Å². The van der Waals surface area contributed by atoms with Gasteiger partial charge in [-0.2, -0.15) is 0 Å². The minimum absolute atomic E-state index is 0.0474. The number of aliphatic hydroxyl groups is 2. The molecule has 0 heterocycles. The van der Waals surface area contributed by atoms with Gasteiger partial charge in [-0.1, -0.05) is 39.3 Å². The SMILES string of the molecule is CC(=O)O[C@@H]1C[C@]2(C)[C@H](C[C@H](O)[C@@H]3[C@]4(C)CC[C@H](O)[C@H](C)[C@@H]4CC[C@@]32C)/C1=C(/CCC=C(C)C)C(=O)O. The first-order chi connectivity index (χ1) is 17.2. The largest absolute Gasteiger partial charge is 0.478 e. The lowest BCUT2D eigenvalue weighted by atomic mass is 9.36. The molecule has 0 aromatic heterocycles. The molecule has 3 N–H and O–H groups in total. The summed E-state index contributed by atoms with van der Waals surface area (Å²) in [5.41, 5.74) is 1.57. The summed E-state index contributed by atoms with van der Waals surface area (Å²) in [7, 11) is 0. The van der Waals surface area contributed by atoms with Gasteiger partial charge in [-0.3, -0.25) is 4.79 Å². The van der Waals surface area contributed by atoms with Gasteiger partial charge in [0, 0.05) is 12.5 Å². The van der Waals surface area contributed by atoms with Gasteiger partial charge < -0.3 is 20.1 Å². The van der Waals surface area contributed by atoms with Gasteiger partial charge in [0.25, 0.3) is 0 Å². The van der Waals surface area contributed by atoms with Gasteiger partial charge >= 0.3 is 11.9 Å². The Morgan fingerprint density at radius 2 is 1.70 bits per heavy atom. The number of hydrogen-bond acceptors (Lipinski definition) is 5. The lowest BCUT2D eigenvalue weighted by molar-refractivity contribution is -0.234. The molecule has 0 aliphatic heterocycles. The van der Waals surface area contributed by atoms with Gasteiger partial charge in [0.05, 0.1) is 12.2 Å². The number of carboxylic acids is 1. The minimum Gasteiger partial charge on any atom is -0.478 e. The maximum atomic E-state index is 12.6.